The van der Waals surface area contributed by atoms with Gasteiger partial charge in [-0.25, -0.2) is 0 Å². The molecule has 2 aromatic carbocycles. The van der Waals surface area contributed by atoms with E-state index in [1.807, 2.05) is 19.1 Å². The maximum Gasteiger partial charge on any atom is 0.313 e. The van der Waals surface area contributed by atoms with E-state index in [4.69, 9.17) is 21.1 Å². The molecular weight excluding hydrogens is 354 g/mol. The summed E-state index contributed by atoms with van der Waals surface area (Å²) in [5.74, 6) is -0.566. The van der Waals surface area contributed by atoms with Gasteiger partial charge in [-0.15, -0.1) is 0 Å². The smallest absolute Gasteiger partial charge is 0.313 e. The number of fused-ring (bicyclic) bond motifs is 1. The number of aryl methyl sites for hydroxylation is 1. The van der Waals surface area contributed by atoms with Crippen LogP contribution in [0, 0.1) is 12.8 Å². The highest BCUT2D eigenvalue weighted by molar-refractivity contribution is 6.30. The second kappa shape index (κ2) is 7.79. The SMILES string of the molecule is Cc1ccc(NC(=O)[C@H](C)OC(=O)[C@@H]2COc3ccc(Cl)cc3C2)cc1. The molecule has 3 rings (SSSR count). The van der Waals surface area contributed by atoms with Gasteiger partial charge in [-0.05, 0) is 56.2 Å². The minimum atomic E-state index is -0.899. The molecule has 136 valence electrons. The largest absolute Gasteiger partial charge is 0.492 e. The van der Waals surface area contributed by atoms with E-state index in [1.54, 1.807) is 37.3 Å². The van der Waals surface area contributed by atoms with E-state index >= 15 is 0 Å². The van der Waals surface area contributed by atoms with Crippen molar-refractivity contribution in [2.45, 2.75) is 26.4 Å². The number of amides is 1. The van der Waals surface area contributed by atoms with Gasteiger partial charge in [0.15, 0.2) is 6.10 Å². The zero-order valence-corrected chi connectivity index (χ0v) is 15.4. The molecular formula is C20H20ClNO4. The van der Waals surface area contributed by atoms with Gasteiger partial charge in [-0.2, -0.15) is 0 Å². The standard InChI is InChI=1S/C20H20ClNO4/c1-12-3-6-17(7-4-12)22-19(23)13(2)26-20(24)15-9-14-10-16(21)5-8-18(14)25-11-15/h3-8,10,13,15H,9,11H2,1-2H3,(H,22,23)/t13-,15-/m0/s1. The van der Waals surface area contributed by atoms with E-state index in [1.165, 1.54) is 0 Å². The molecule has 0 spiro atoms. The number of ether oxygens (including phenoxy) is 2. The number of anilines is 1. The van der Waals surface area contributed by atoms with Crippen LogP contribution in [0.5, 0.6) is 5.75 Å². The number of esters is 1. The number of carbonyl (C=O) groups excluding carboxylic acids is 2. The normalized spacial score (nSPS) is 16.8. The molecule has 2 atom stereocenters. The predicted octanol–water partition coefficient (Wildman–Crippen LogP) is 3.77. The van der Waals surface area contributed by atoms with Gasteiger partial charge >= 0.3 is 5.97 Å². The molecule has 1 heterocycles. The van der Waals surface area contributed by atoms with Crippen molar-refractivity contribution in [1.29, 1.82) is 0 Å². The lowest BCUT2D eigenvalue weighted by molar-refractivity contribution is -0.158. The van der Waals surface area contributed by atoms with Crippen LogP contribution in [0.3, 0.4) is 0 Å². The van der Waals surface area contributed by atoms with Gasteiger partial charge in [0.05, 0.1) is 5.92 Å². The van der Waals surface area contributed by atoms with E-state index < -0.39 is 18.0 Å². The summed E-state index contributed by atoms with van der Waals surface area (Å²) in [4.78, 5) is 24.6. The predicted molar refractivity (Wildman–Crippen MR) is 99.5 cm³/mol. The molecule has 5 nitrogen and oxygen atoms in total. The number of benzene rings is 2. The quantitative estimate of drug-likeness (QED) is 0.828. The third-order valence-electron chi connectivity index (χ3n) is 4.24. The van der Waals surface area contributed by atoms with Gasteiger partial charge in [-0.3, -0.25) is 9.59 Å². The van der Waals surface area contributed by atoms with E-state index in [2.05, 4.69) is 5.32 Å². The molecule has 26 heavy (non-hydrogen) atoms. The van der Waals surface area contributed by atoms with Gasteiger partial charge in [-0.1, -0.05) is 29.3 Å². The highest BCUT2D eigenvalue weighted by Crippen LogP contribution is 2.30. The summed E-state index contributed by atoms with van der Waals surface area (Å²) < 4.78 is 10.9. The van der Waals surface area contributed by atoms with Crippen molar-refractivity contribution in [2.24, 2.45) is 5.92 Å². The Kier molecular flexibility index (Phi) is 5.47. The molecule has 0 bridgehead atoms. The highest BCUT2D eigenvalue weighted by Gasteiger charge is 2.30. The monoisotopic (exact) mass is 373 g/mol. The number of hydrogen-bond donors (Lipinski definition) is 1. The van der Waals surface area contributed by atoms with Crippen LogP contribution in [-0.2, 0) is 20.7 Å². The number of carbonyl (C=O) groups is 2. The van der Waals surface area contributed by atoms with Crippen LogP contribution in [0.4, 0.5) is 5.69 Å². The van der Waals surface area contributed by atoms with Crippen molar-refractivity contribution in [3.63, 3.8) is 0 Å². The summed E-state index contributed by atoms with van der Waals surface area (Å²) in [6, 6.07) is 12.7. The summed E-state index contributed by atoms with van der Waals surface area (Å²) in [6.45, 7) is 3.74. The van der Waals surface area contributed by atoms with Crippen LogP contribution < -0.4 is 10.1 Å². The fourth-order valence-electron chi connectivity index (χ4n) is 2.72. The van der Waals surface area contributed by atoms with Crippen LogP contribution >= 0.6 is 11.6 Å². The Bertz CT molecular complexity index is 819. The molecule has 0 saturated heterocycles. The van der Waals surface area contributed by atoms with Crippen molar-refractivity contribution in [2.75, 3.05) is 11.9 Å². The zero-order valence-electron chi connectivity index (χ0n) is 14.6. The van der Waals surface area contributed by atoms with E-state index in [9.17, 15) is 9.59 Å². The molecule has 1 aliphatic heterocycles. The first-order valence-corrected chi connectivity index (χ1v) is 8.79. The molecule has 0 fully saturated rings. The first-order chi connectivity index (χ1) is 12.4. The lowest BCUT2D eigenvalue weighted by Gasteiger charge is -2.25. The Morgan fingerprint density at radius 2 is 1.96 bits per heavy atom. The maximum atomic E-state index is 12.4. The molecule has 1 aliphatic rings. The molecule has 0 aromatic heterocycles. The second-order valence-electron chi connectivity index (χ2n) is 6.40. The Labute approximate surface area is 157 Å². The summed E-state index contributed by atoms with van der Waals surface area (Å²) in [5.41, 5.74) is 2.62. The van der Waals surface area contributed by atoms with E-state index in [-0.39, 0.29) is 12.5 Å². The van der Waals surface area contributed by atoms with Crippen LogP contribution in [0.15, 0.2) is 42.5 Å². The van der Waals surface area contributed by atoms with Gasteiger partial charge in [0.1, 0.15) is 12.4 Å². The maximum absolute atomic E-state index is 12.4. The Balaban J connectivity index is 1.57. The van der Waals surface area contributed by atoms with Crippen molar-refractivity contribution >= 4 is 29.2 Å². The van der Waals surface area contributed by atoms with Crippen LogP contribution in [0.25, 0.3) is 0 Å². The topological polar surface area (TPSA) is 64.6 Å². The summed E-state index contributed by atoms with van der Waals surface area (Å²) in [6.07, 6.45) is -0.425. The Hall–Kier alpha value is -2.53. The first kappa shape index (κ1) is 18.3. The van der Waals surface area contributed by atoms with Gasteiger partial charge in [0, 0.05) is 10.7 Å². The molecule has 0 radical (unpaired) electrons. The minimum absolute atomic E-state index is 0.222. The fourth-order valence-corrected chi connectivity index (χ4v) is 2.91. The minimum Gasteiger partial charge on any atom is -0.492 e. The first-order valence-electron chi connectivity index (χ1n) is 8.41. The lowest BCUT2D eigenvalue weighted by Crippen LogP contribution is -2.36. The summed E-state index contributed by atoms with van der Waals surface area (Å²) >= 11 is 5.99. The van der Waals surface area contributed by atoms with Gasteiger partial charge in [0.2, 0.25) is 0 Å². The third kappa shape index (κ3) is 4.35. The fraction of sp³-hybridized carbons (Fsp3) is 0.300. The van der Waals surface area contributed by atoms with Crippen LogP contribution in [0.1, 0.15) is 18.1 Å². The zero-order chi connectivity index (χ0) is 18.7. The molecule has 6 heteroatoms. The van der Waals surface area contributed by atoms with Crippen molar-refractivity contribution in [3.8, 4) is 5.75 Å². The van der Waals surface area contributed by atoms with E-state index in [0.29, 0.717) is 17.1 Å². The van der Waals surface area contributed by atoms with Crippen molar-refractivity contribution in [3.05, 3.63) is 58.6 Å². The molecule has 2 aromatic rings. The highest BCUT2D eigenvalue weighted by atomic mass is 35.5. The Morgan fingerprint density at radius 1 is 1.23 bits per heavy atom. The average molecular weight is 374 g/mol. The molecule has 0 aliphatic carbocycles. The number of halogens is 1. The number of hydrogen-bond acceptors (Lipinski definition) is 4. The average Bonchev–Trinajstić information content (AvgIpc) is 2.62. The Morgan fingerprint density at radius 3 is 2.69 bits per heavy atom. The third-order valence-corrected chi connectivity index (χ3v) is 4.48. The second-order valence-corrected chi connectivity index (χ2v) is 6.83. The van der Waals surface area contributed by atoms with Crippen molar-refractivity contribution < 1.29 is 19.1 Å². The molecule has 0 saturated carbocycles. The summed E-state index contributed by atoms with van der Waals surface area (Å²) in [7, 11) is 0. The van der Waals surface area contributed by atoms with E-state index in [0.717, 1.165) is 16.9 Å². The molecule has 0 unspecified atom stereocenters. The number of nitrogens with one attached hydrogen (secondary N) is 1. The van der Waals surface area contributed by atoms with Crippen LogP contribution in [0.2, 0.25) is 5.02 Å². The van der Waals surface area contributed by atoms with Crippen LogP contribution in [-0.4, -0.2) is 24.6 Å². The molecule has 1 N–H and O–H groups in total. The lowest BCUT2D eigenvalue weighted by atomic mass is 9.97. The number of rotatable bonds is 4. The van der Waals surface area contributed by atoms with Gasteiger partial charge < -0.3 is 14.8 Å². The van der Waals surface area contributed by atoms with Crippen molar-refractivity contribution in [1.82, 2.24) is 0 Å². The summed E-state index contributed by atoms with van der Waals surface area (Å²) in [5, 5.41) is 3.33. The van der Waals surface area contributed by atoms with Gasteiger partial charge in [0.25, 0.3) is 5.91 Å². The molecule has 1 amide bonds.